The van der Waals surface area contributed by atoms with E-state index in [2.05, 4.69) is 27.4 Å². The first-order valence-corrected chi connectivity index (χ1v) is 11.7. The number of hydrogen-bond donors (Lipinski definition) is 0. The number of hydrogen-bond acceptors (Lipinski definition) is 7. The van der Waals surface area contributed by atoms with E-state index in [9.17, 15) is 8.42 Å². The fourth-order valence-corrected chi connectivity index (χ4v) is 5.24. The zero-order chi connectivity index (χ0) is 19.7. The van der Waals surface area contributed by atoms with Gasteiger partial charge in [0.05, 0.1) is 11.6 Å². The van der Waals surface area contributed by atoms with Crippen molar-refractivity contribution in [3.8, 4) is 11.1 Å². The van der Waals surface area contributed by atoms with Crippen molar-refractivity contribution in [1.82, 2.24) is 14.3 Å². The number of anilines is 1. The van der Waals surface area contributed by atoms with Crippen LogP contribution in [0, 0.1) is 0 Å². The highest BCUT2D eigenvalue weighted by molar-refractivity contribution is 7.88. The Balaban J connectivity index is 1.78. The second-order valence-corrected chi connectivity index (χ2v) is 9.58. The van der Waals surface area contributed by atoms with Gasteiger partial charge in [-0.3, -0.25) is 0 Å². The predicted octanol–water partition coefficient (Wildman–Crippen LogP) is 2.59. The molecule has 9 heteroatoms. The summed E-state index contributed by atoms with van der Waals surface area (Å²) in [5.41, 5.74) is 2.22. The van der Waals surface area contributed by atoms with Crippen LogP contribution in [0.15, 0.2) is 35.7 Å². The number of piperazine rings is 1. The van der Waals surface area contributed by atoms with Crippen LogP contribution >= 0.6 is 11.3 Å². The maximum atomic E-state index is 11.8. The number of ether oxygens (including phenoxy) is 1. The van der Waals surface area contributed by atoms with E-state index in [1.165, 1.54) is 10.6 Å². The summed E-state index contributed by atoms with van der Waals surface area (Å²) in [5.74, 6) is 1.49. The van der Waals surface area contributed by atoms with E-state index >= 15 is 0 Å². The predicted molar refractivity (Wildman–Crippen MR) is 112 cm³/mol. The first-order chi connectivity index (χ1) is 13.5. The summed E-state index contributed by atoms with van der Waals surface area (Å²) in [7, 11) is -1.55. The van der Waals surface area contributed by atoms with Crippen LogP contribution in [0.25, 0.3) is 21.3 Å². The monoisotopic (exact) mass is 418 g/mol. The van der Waals surface area contributed by atoms with Crippen molar-refractivity contribution < 1.29 is 13.2 Å². The molecule has 0 N–H and O–H groups in total. The van der Waals surface area contributed by atoms with E-state index in [-0.39, 0.29) is 0 Å². The summed E-state index contributed by atoms with van der Waals surface area (Å²) in [6.45, 7) is 2.43. The third-order valence-electron chi connectivity index (χ3n) is 4.83. The number of benzene rings is 1. The standard InChI is InChI=1S/C19H22N4O3S2/c1-26-12-16-20-18(22-8-10-23(11-9-22)28(2,24)25)17-15(13-27-19(17)21-16)14-6-4-3-5-7-14/h3-7,13H,8-12H2,1-2H3. The molecule has 3 heterocycles. The lowest BCUT2D eigenvalue weighted by Crippen LogP contribution is -2.48. The number of methoxy groups -OCH3 is 1. The van der Waals surface area contributed by atoms with Gasteiger partial charge in [-0.2, -0.15) is 4.31 Å². The van der Waals surface area contributed by atoms with Gasteiger partial charge in [0.15, 0.2) is 5.82 Å². The highest BCUT2D eigenvalue weighted by Crippen LogP contribution is 2.38. The quantitative estimate of drug-likeness (QED) is 0.634. The van der Waals surface area contributed by atoms with E-state index in [4.69, 9.17) is 9.72 Å². The number of aromatic nitrogens is 2. The van der Waals surface area contributed by atoms with E-state index < -0.39 is 10.0 Å². The van der Waals surface area contributed by atoms with Crippen molar-refractivity contribution in [2.45, 2.75) is 6.61 Å². The van der Waals surface area contributed by atoms with Gasteiger partial charge < -0.3 is 9.64 Å². The van der Waals surface area contributed by atoms with Gasteiger partial charge in [-0.25, -0.2) is 18.4 Å². The SMILES string of the molecule is COCc1nc(N2CCN(S(C)(=O)=O)CC2)c2c(-c3ccccc3)csc2n1. The Labute approximate surface area is 168 Å². The maximum absolute atomic E-state index is 11.8. The van der Waals surface area contributed by atoms with Crippen molar-refractivity contribution in [1.29, 1.82) is 0 Å². The molecule has 1 aromatic carbocycles. The molecule has 3 aromatic rings. The summed E-state index contributed by atoms with van der Waals surface area (Å²) < 4.78 is 30.5. The molecule has 0 radical (unpaired) electrons. The number of sulfonamides is 1. The van der Waals surface area contributed by atoms with E-state index in [1.54, 1.807) is 18.4 Å². The summed E-state index contributed by atoms with van der Waals surface area (Å²) in [6.07, 6.45) is 1.26. The average Bonchev–Trinajstić information content (AvgIpc) is 3.12. The van der Waals surface area contributed by atoms with Crippen molar-refractivity contribution >= 4 is 37.4 Å². The molecule has 28 heavy (non-hydrogen) atoms. The van der Waals surface area contributed by atoms with Crippen molar-refractivity contribution in [2.75, 3.05) is 44.4 Å². The summed E-state index contributed by atoms with van der Waals surface area (Å²) in [5, 5.41) is 3.13. The van der Waals surface area contributed by atoms with Gasteiger partial charge in [-0.1, -0.05) is 30.3 Å². The Morgan fingerprint density at radius 3 is 2.46 bits per heavy atom. The molecule has 148 valence electrons. The van der Waals surface area contributed by atoms with Gasteiger partial charge in [0.2, 0.25) is 10.0 Å². The largest absolute Gasteiger partial charge is 0.377 e. The van der Waals surface area contributed by atoms with E-state index in [0.717, 1.165) is 27.2 Å². The minimum absolute atomic E-state index is 0.338. The van der Waals surface area contributed by atoms with Crippen LogP contribution in [0.5, 0.6) is 0 Å². The summed E-state index contributed by atoms with van der Waals surface area (Å²) >= 11 is 1.59. The molecular weight excluding hydrogens is 396 g/mol. The molecule has 0 amide bonds. The normalized spacial score (nSPS) is 16.0. The van der Waals surface area contributed by atoms with Gasteiger partial charge in [-0.05, 0) is 5.56 Å². The first kappa shape index (κ1) is 19.3. The van der Waals surface area contributed by atoms with Crippen molar-refractivity contribution in [2.24, 2.45) is 0 Å². The Hall–Kier alpha value is -2.07. The molecule has 7 nitrogen and oxygen atoms in total. The molecule has 2 aromatic heterocycles. The molecular formula is C19H22N4O3S2. The number of fused-ring (bicyclic) bond motifs is 1. The van der Waals surface area contributed by atoms with Crippen LogP contribution in [0.3, 0.4) is 0 Å². The molecule has 0 bridgehead atoms. The lowest BCUT2D eigenvalue weighted by Gasteiger charge is -2.34. The Bertz CT molecular complexity index is 1080. The Morgan fingerprint density at radius 1 is 1.11 bits per heavy atom. The first-order valence-electron chi connectivity index (χ1n) is 9.00. The highest BCUT2D eigenvalue weighted by atomic mass is 32.2. The molecule has 1 aliphatic rings. The molecule has 1 fully saturated rings. The van der Waals surface area contributed by atoms with Crippen LogP contribution in [0.2, 0.25) is 0 Å². The summed E-state index contributed by atoms with van der Waals surface area (Å²) in [6, 6.07) is 10.2. The van der Waals surface area contributed by atoms with Gasteiger partial charge in [0.1, 0.15) is 17.3 Å². The Kier molecular flexibility index (Phi) is 5.33. The van der Waals surface area contributed by atoms with Crippen LogP contribution in [-0.4, -0.2) is 62.2 Å². The van der Waals surface area contributed by atoms with E-state index in [0.29, 0.717) is 38.6 Å². The highest BCUT2D eigenvalue weighted by Gasteiger charge is 2.27. The second-order valence-electron chi connectivity index (χ2n) is 6.74. The summed E-state index contributed by atoms with van der Waals surface area (Å²) in [4.78, 5) is 12.5. The molecule has 0 aliphatic carbocycles. The lowest BCUT2D eigenvalue weighted by atomic mass is 10.1. The molecule has 0 spiro atoms. The van der Waals surface area contributed by atoms with Gasteiger partial charge >= 0.3 is 0 Å². The lowest BCUT2D eigenvalue weighted by molar-refractivity contribution is 0.178. The molecule has 4 rings (SSSR count). The van der Waals surface area contributed by atoms with Gasteiger partial charge in [-0.15, -0.1) is 11.3 Å². The minimum Gasteiger partial charge on any atom is -0.377 e. The fourth-order valence-electron chi connectivity index (χ4n) is 3.45. The third-order valence-corrected chi connectivity index (χ3v) is 7.00. The molecule has 1 saturated heterocycles. The third kappa shape index (κ3) is 3.75. The Morgan fingerprint density at radius 2 is 1.82 bits per heavy atom. The number of thiophene rings is 1. The van der Waals surface area contributed by atoms with Crippen molar-refractivity contribution in [3.63, 3.8) is 0 Å². The van der Waals surface area contributed by atoms with E-state index in [1.807, 2.05) is 18.2 Å². The van der Waals surface area contributed by atoms with Gasteiger partial charge in [0, 0.05) is 44.2 Å². The fraction of sp³-hybridized carbons (Fsp3) is 0.368. The zero-order valence-electron chi connectivity index (χ0n) is 15.8. The zero-order valence-corrected chi connectivity index (χ0v) is 17.5. The minimum atomic E-state index is -3.18. The number of nitrogens with zero attached hydrogens (tertiary/aromatic N) is 4. The number of rotatable bonds is 5. The molecule has 0 saturated carbocycles. The second kappa shape index (κ2) is 7.75. The topological polar surface area (TPSA) is 75.6 Å². The maximum Gasteiger partial charge on any atom is 0.211 e. The van der Waals surface area contributed by atoms with Crippen molar-refractivity contribution in [3.05, 3.63) is 41.5 Å². The average molecular weight is 419 g/mol. The van der Waals surface area contributed by atoms with Crippen LogP contribution in [-0.2, 0) is 21.4 Å². The molecule has 1 aliphatic heterocycles. The molecule has 0 atom stereocenters. The van der Waals surface area contributed by atoms with Crippen LogP contribution in [0.1, 0.15) is 5.82 Å². The van der Waals surface area contributed by atoms with Crippen LogP contribution in [0.4, 0.5) is 5.82 Å². The smallest absolute Gasteiger partial charge is 0.211 e. The molecule has 0 unspecified atom stereocenters. The van der Waals surface area contributed by atoms with Gasteiger partial charge in [0.25, 0.3) is 0 Å². The van der Waals surface area contributed by atoms with Crippen LogP contribution < -0.4 is 4.90 Å².